The number of aromatic nitrogens is 2. The molecule has 1 heterocycles. The summed E-state index contributed by atoms with van der Waals surface area (Å²) in [6, 6.07) is 5.56. The number of nitrogens with one attached hydrogen (secondary N) is 1. The van der Waals surface area contributed by atoms with Crippen LogP contribution in [0.15, 0.2) is 30.6 Å². The molecule has 1 aliphatic rings. The molecule has 1 saturated carbocycles. The zero-order valence-corrected chi connectivity index (χ0v) is 13.5. The molecule has 22 heavy (non-hydrogen) atoms. The molecule has 3 rings (SSSR count). The lowest BCUT2D eigenvalue weighted by molar-refractivity contribution is 0.0898. The Bertz CT molecular complexity index is 720. The second-order valence-electron chi connectivity index (χ2n) is 5.42. The fourth-order valence-corrected chi connectivity index (χ4v) is 3.26. The SMILES string of the molecule is Cc1nccnc1C(=O)N[C@H]1CC[C@H]1c1ccc(Cl)cc1Cl. The van der Waals surface area contributed by atoms with E-state index in [1.54, 1.807) is 19.2 Å². The van der Waals surface area contributed by atoms with Crippen molar-refractivity contribution in [1.82, 2.24) is 15.3 Å². The van der Waals surface area contributed by atoms with Gasteiger partial charge in [-0.1, -0.05) is 29.3 Å². The first-order valence-corrected chi connectivity index (χ1v) is 7.85. The quantitative estimate of drug-likeness (QED) is 0.928. The number of amides is 1. The van der Waals surface area contributed by atoms with Crippen molar-refractivity contribution in [2.75, 3.05) is 0 Å². The standard InChI is InChI=1S/C16H15Cl2N3O/c1-9-15(20-7-6-19-9)16(22)21-14-5-4-12(14)11-3-2-10(17)8-13(11)18/h2-3,6-8,12,14H,4-5H2,1H3,(H,21,22)/t12-,14-/m0/s1. The van der Waals surface area contributed by atoms with Crippen LogP contribution in [0, 0.1) is 6.92 Å². The molecule has 0 spiro atoms. The maximum Gasteiger partial charge on any atom is 0.271 e. The number of halogens is 2. The molecule has 0 aliphatic heterocycles. The van der Waals surface area contributed by atoms with E-state index in [9.17, 15) is 4.79 Å². The van der Waals surface area contributed by atoms with E-state index in [0.717, 1.165) is 18.4 Å². The van der Waals surface area contributed by atoms with Gasteiger partial charge in [0.25, 0.3) is 5.91 Å². The third-order valence-electron chi connectivity index (χ3n) is 4.05. The van der Waals surface area contributed by atoms with E-state index >= 15 is 0 Å². The van der Waals surface area contributed by atoms with Gasteiger partial charge in [0.15, 0.2) is 0 Å². The summed E-state index contributed by atoms with van der Waals surface area (Å²) in [7, 11) is 0. The molecule has 0 radical (unpaired) electrons. The molecular weight excluding hydrogens is 321 g/mol. The number of nitrogens with zero attached hydrogens (tertiary/aromatic N) is 2. The van der Waals surface area contributed by atoms with Crippen LogP contribution in [0.1, 0.15) is 40.5 Å². The van der Waals surface area contributed by atoms with Gasteiger partial charge in [0.2, 0.25) is 0 Å². The van der Waals surface area contributed by atoms with Crippen molar-refractivity contribution in [2.45, 2.75) is 31.7 Å². The minimum atomic E-state index is -0.189. The minimum Gasteiger partial charge on any atom is -0.347 e. The Morgan fingerprint density at radius 2 is 2.00 bits per heavy atom. The molecule has 1 fully saturated rings. The highest BCUT2D eigenvalue weighted by Crippen LogP contribution is 2.40. The van der Waals surface area contributed by atoms with Gasteiger partial charge in [0.05, 0.1) is 5.69 Å². The first-order chi connectivity index (χ1) is 10.6. The molecule has 2 atom stereocenters. The Kier molecular flexibility index (Phi) is 4.32. The van der Waals surface area contributed by atoms with Crippen molar-refractivity contribution in [1.29, 1.82) is 0 Å². The molecule has 1 aliphatic carbocycles. The topological polar surface area (TPSA) is 54.9 Å². The lowest BCUT2D eigenvalue weighted by atomic mass is 9.75. The van der Waals surface area contributed by atoms with E-state index in [-0.39, 0.29) is 17.9 Å². The number of benzene rings is 1. The number of carbonyl (C=O) groups excluding carboxylic acids is 1. The molecule has 1 aromatic carbocycles. The van der Waals surface area contributed by atoms with Crippen molar-refractivity contribution >= 4 is 29.1 Å². The largest absolute Gasteiger partial charge is 0.347 e. The highest BCUT2D eigenvalue weighted by molar-refractivity contribution is 6.35. The fourth-order valence-electron chi connectivity index (χ4n) is 2.71. The maximum absolute atomic E-state index is 12.3. The zero-order chi connectivity index (χ0) is 15.7. The first kappa shape index (κ1) is 15.3. The van der Waals surface area contributed by atoms with Crippen molar-refractivity contribution in [3.05, 3.63) is 57.6 Å². The van der Waals surface area contributed by atoms with Crippen LogP contribution >= 0.6 is 23.2 Å². The monoisotopic (exact) mass is 335 g/mol. The zero-order valence-electron chi connectivity index (χ0n) is 12.0. The second kappa shape index (κ2) is 6.23. The highest BCUT2D eigenvalue weighted by atomic mass is 35.5. The Hall–Kier alpha value is -1.65. The molecule has 4 nitrogen and oxygen atoms in total. The van der Waals surface area contributed by atoms with Crippen LogP contribution in [0.25, 0.3) is 0 Å². The molecule has 0 unspecified atom stereocenters. The van der Waals surface area contributed by atoms with Crippen molar-refractivity contribution in [2.24, 2.45) is 0 Å². The van der Waals surface area contributed by atoms with Crippen LogP contribution in [0.5, 0.6) is 0 Å². The highest BCUT2D eigenvalue weighted by Gasteiger charge is 2.35. The van der Waals surface area contributed by atoms with E-state index in [4.69, 9.17) is 23.2 Å². The van der Waals surface area contributed by atoms with Crippen LogP contribution in [-0.2, 0) is 0 Å². The number of rotatable bonds is 3. The summed E-state index contributed by atoms with van der Waals surface area (Å²) in [4.78, 5) is 20.5. The van der Waals surface area contributed by atoms with Crippen LogP contribution < -0.4 is 5.32 Å². The van der Waals surface area contributed by atoms with Gasteiger partial charge in [-0.3, -0.25) is 9.78 Å². The third-order valence-corrected chi connectivity index (χ3v) is 4.61. The molecule has 114 valence electrons. The molecule has 6 heteroatoms. The number of hydrogen-bond donors (Lipinski definition) is 1. The van der Waals surface area contributed by atoms with Gasteiger partial charge in [-0.15, -0.1) is 0 Å². The molecule has 0 bridgehead atoms. The Labute approximate surface area is 138 Å². The van der Waals surface area contributed by atoms with E-state index in [0.29, 0.717) is 21.4 Å². The summed E-state index contributed by atoms with van der Waals surface area (Å²) < 4.78 is 0. The summed E-state index contributed by atoms with van der Waals surface area (Å²) in [5, 5.41) is 4.29. The predicted molar refractivity (Wildman–Crippen MR) is 86.5 cm³/mol. The van der Waals surface area contributed by atoms with Gasteiger partial charge < -0.3 is 5.32 Å². The minimum absolute atomic E-state index is 0.0626. The number of hydrogen-bond acceptors (Lipinski definition) is 3. The van der Waals surface area contributed by atoms with Crippen LogP contribution in [0.4, 0.5) is 0 Å². The molecule has 1 amide bonds. The Morgan fingerprint density at radius 1 is 1.23 bits per heavy atom. The molecule has 0 saturated heterocycles. The lowest BCUT2D eigenvalue weighted by Gasteiger charge is -2.38. The van der Waals surface area contributed by atoms with Crippen molar-refractivity contribution in [3.8, 4) is 0 Å². The number of carbonyl (C=O) groups is 1. The van der Waals surface area contributed by atoms with E-state index in [1.165, 1.54) is 6.20 Å². The second-order valence-corrected chi connectivity index (χ2v) is 6.26. The van der Waals surface area contributed by atoms with Crippen LogP contribution in [0.3, 0.4) is 0 Å². The summed E-state index contributed by atoms with van der Waals surface area (Å²) in [5.74, 6) is 0.0241. The summed E-state index contributed by atoms with van der Waals surface area (Å²) in [6.45, 7) is 1.77. The normalized spacial score (nSPS) is 20.3. The van der Waals surface area contributed by atoms with Gasteiger partial charge in [0, 0.05) is 34.4 Å². The fraction of sp³-hybridized carbons (Fsp3) is 0.312. The molecule has 2 aromatic rings. The smallest absolute Gasteiger partial charge is 0.271 e. The van der Waals surface area contributed by atoms with E-state index < -0.39 is 0 Å². The summed E-state index contributed by atoms with van der Waals surface area (Å²) in [5.41, 5.74) is 2.02. The Balaban J connectivity index is 1.74. The predicted octanol–water partition coefficient (Wildman–Crippen LogP) is 3.77. The average molecular weight is 336 g/mol. The molecule has 1 N–H and O–H groups in total. The van der Waals surface area contributed by atoms with Gasteiger partial charge in [-0.05, 0) is 37.5 Å². The van der Waals surface area contributed by atoms with Crippen molar-refractivity contribution < 1.29 is 4.79 Å². The van der Waals surface area contributed by atoms with Crippen molar-refractivity contribution in [3.63, 3.8) is 0 Å². The Morgan fingerprint density at radius 3 is 2.64 bits per heavy atom. The maximum atomic E-state index is 12.3. The van der Waals surface area contributed by atoms with Gasteiger partial charge >= 0.3 is 0 Å². The van der Waals surface area contributed by atoms with Gasteiger partial charge in [0.1, 0.15) is 5.69 Å². The molecule has 1 aromatic heterocycles. The van der Waals surface area contributed by atoms with Gasteiger partial charge in [-0.25, -0.2) is 4.98 Å². The number of aryl methyl sites for hydroxylation is 1. The lowest BCUT2D eigenvalue weighted by Crippen LogP contribution is -2.45. The summed E-state index contributed by atoms with van der Waals surface area (Å²) in [6.07, 6.45) is 5.02. The summed E-state index contributed by atoms with van der Waals surface area (Å²) >= 11 is 12.2. The average Bonchev–Trinajstić information content (AvgIpc) is 2.46. The van der Waals surface area contributed by atoms with E-state index in [1.807, 2.05) is 12.1 Å². The first-order valence-electron chi connectivity index (χ1n) is 7.09. The van der Waals surface area contributed by atoms with E-state index in [2.05, 4.69) is 15.3 Å². The van der Waals surface area contributed by atoms with Crippen LogP contribution in [0.2, 0.25) is 10.0 Å². The molecular formula is C16H15Cl2N3O. The van der Waals surface area contributed by atoms with Gasteiger partial charge in [-0.2, -0.15) is 0 Å². The third kappa shape index (κ3) is 2.94. The van der Waals surface area contributed by atoms with Crippen LogP contribution in [-0.4, -0.2) is 21.9 Å².